The monoisotopic (exact) mass is 368 g/mol. The van der Waals surface area contributed by atoms with Gasteiger partial charge in [-0.15, -0.1) is 0 Å². The third-order valence-corrected chi connectivity index (χ3v) is 4.45. The van der Waals surface area contributed by atoms with Crippen LogP contribution in [0.4, 0.5) is 0 Å². The SMILES string of the molecule is CB(c1ccccc1)c1ccccc1.CC(C)c1cc[nH]c1.c1ccncc1. The van der Waals surface area contributed by atoms with Crippen molar-refractivity contribution in [1.29, 1.82) is 0 Å². The highest BCUT2D eigenvalue weighted by molar-refractivity contribution is 6.84. The van der Waals surface area contributed by atoms with E-state index in [1.807, 2.05) is 30.6 Å². The summed E-state index contributed by atoms with van der Waals surface area (Å²) in [6.07, 6.45) is 7.49. The van der Waals surface area contributed by atoms with Crippen LogP contribution in [0.15, 0.2) is 110 Å². The molecule has 2 heterocycles. The van der Waals surface area contributed by atoms with Crippen molar-refractivity contribution in [2.24, 2.45) is 0 Å². The Morgan fingerprint density at radius 2 is 1.21 bits per heavy atom. The molecule has 2 aromatic heterocycles. The van der Waals surface area contributed by atoms with Crippen LogP contribution in [0.2, 0.25) is 6.82 Å². The maximum absolute atomic E-state index is 3.78. The average molecular weight is 368 g/mol. The molecule has 0 aliphatic heterocycles. The smallest absolute Gasteiger partial charge is 0.206 e. The first-order valence-electron chi connectivity index (χ1n) is 9.76. The highest BCUT2D eigenvalue weighted by Gasteiger charge is 2.10. The Balaban J connectivity index is 0.000000169. The normalized spacial score (nSPS) is 9.57. The Morgan fingerprint density at radius 3 is 1.50 bits per heavy atom. The summed E-state index contributed by atoms with van der Waals surface area (Å²) in [6.45, 7) is 7.09. The van der Waals surface area contributed by atoms with Crippen molar-refractivity contribution in [3.8, 4) is 0 Å². The first-order valence-corrected chi connectivity index (χ1v) is 9.76. The summed E-state index contributed by atoms with van der Waals surface area (Å²) in [7, 11) is 0. The van der Waals surface area contributed by atoms with Crippen LogP contribution >= 0.6 is 0 Å². The first kappa shape index (κ1) is 21.2. The van der Waals surface area contributed by atoms with E-state index in [9.17, 15) is 0 Å². The largest absolute Gasteiger partial charge is 0.367 e. The Hall–Kier alpha value is -3.07. The molecule has 1 N–H and O–H groups in total. The summed E-state index contributed by atoms with van der Waals surface area (Å²) in [5.74, 6) is 0.654. The lowest BCUT2D eigenvalue weighted by atomic mass is 9.43. The van der Waals surface area contributed by atoms with Gasteiger partial charge < -0.3 is 4.98 Å². The molecule has 4 rings (SSSR count). The van der Waals surface area contributed by atoms with E-state index in [1.54, 1.807) is 12.4 Å². The van der Waals surface area contributed by atoms with Crippen LogP contribution in [-0.2, 0) is 0 Å². The van der Waals surface area contributed by atoms with Crippen LogP contribution in [0.3, 0.4) is 0 Å². The minimum absolute atomic E-state index is 0.484. The zero-order chi connectivity index (χ0) is 20.0. The van der Waals surface area contributed by atoms with Crippen LogP contribution in [0, 0.1) is 0 Å². The summed E-state index contributed by atoms with van der Waals surface area (Å²) in [5, 5.41) is 0. The van der Waals surface area contributed by atoms with Gasteiger partial charge in [-0.05, 0) is 29.7 Å². The van der Waals surface area contributed by atoms with E-state index in [4.69, 9.17) is 0 Å². The lowest BCUT2D eigenvalue weighted by Gasteiger charge is -2.08. The van der Waals surface area contributed by atoms with Crippen LogP contribution in [0.1, 0.15) is 25.3 Å². The number of aromatic nitrogens is 2. The maximum atomic E-state index is 3.78. The lowest BCUT2D eigenvalue weighted by molar-refractivity contribution is 0.868. The Kier molecular flexibility index (Phi) is 9.36. The fourth-order valence-corrected chi connectivity index (χ4v) is 2.68. The standard InChI is InChI=1S/C13H13B.C7H11N.C5H5N/c1-14(12-8-4-2-5-9-12)13-10-6-3-7-11-13;1-6(2)7-3-4-8-5-7;1-2-4-6-5-3-1/h2-11H,1H3;3-6,8H,1-2H3;1-5H. The number of hydrogen-bond acceptors (Lipinski definition) is 1. The summed E-state index contributed by atoms with van der Waals surface area (Å²) >= 11 is 0. The van der Waals surface area contributed by atoms with Gasteiger partial charge in [0.05, 0.1) is 0 Å². The average Bonchev–Trinajstić information content (AvgIpc) is 3.32. The summed E-state index contributed by atoms with van der Waals surface area (Å²) < 4.78 is 0. The van der Waals surface area contributed by atoms with Crippen molar-refractivity contribution in [1.82, 2.24) is 9.97 Å². The molecular formula is C25H29BN2. The second-order valence-corrected chi connectivity index (χ2v) is 6.87. The fourth-order valence-electron chi connectivity index (χ4n) is 2.68. The van der Waals surface area contributed by atoms with Crippen molar-refractivity contribution in [2.75, 3.05) is 0 Å². The molecule has 0 bridgehead atoms. The predicted octanol–water partition coefficient (Wildman–Crippen LogP) is 5.15. The molecule has 2 aromatic carbocycles. The van der Waals surface area contributed by atoms with Gasteiger partial charge in [-0.1, -0.05) is 98.3 Å². The Bertz CT molecular complexity index is 779. The minimum Gasteiger partial charge on any atom is -0.367 e. The predicted molar refractivity (Wildman–Crippen MR) is 123 cm³/mol. The number of rotatable bonds is 3. The molecule has 0 aliphatic rings. The molecule has 3 heteroatoms. The first-order chi connectivity index (χ1) is 13.7. The molecule has 0 atom stereocenters. The van der Waals surface area contributed by atoms with Crippen LogP contribution in [0.25, 0.3) is 0 Å². The Labute approximate surface area is 169 Å². The molecule has 0 spiro atoms. The Morgan fingerprint density at radius 1 is 0.714 bits per heavy atom. The van der Waals surface area contributed by atoms with Gasteiger partial charge in [-0.3, -0.25) is 4.98 Å². The number of H-pyrrole nitrogens is 1. The van der Waals surface area contributed by atoms with E-state index in [1.165, 1.54) is 16.5 Å². The zero-order valence-corrected chi connectivity index (χ0v) is 17.0. The van der Waals surface area contributed by atoms with Gasteiger partial charge in [0, 0.05) is 24.8 Å². The minimum atomic E-state index is 0.484. The molecule has 0 fully saturated rings. The summed E-state index contributed by atoms with van der Waals surface area (Å²) in [4.78, 5) is 6.80. The van der Waals surface area contributed by atoms with Gasteiger partial charge in [0.1, 0.15) is 0 Å². The van der Waals surface area contributed by atoms with Crippen molar-refractivity contribution >= 4 is 17.6 Å². The zero-order valence-electron chi connectivity index (χ0n) is 17.0. The van der Waals surface area contributed by atoms with Crippen LogP contribution in [0.5, 0.6) is 0 Å². The highest BCUT2D eigenvalue weighted by Crippen LogP contribution is 2.10. The molecule has 28 heavy (non-hydrogen) atoms. The van der Waals surface area contributed by atoms with Gasteiger partial charge in [0.15, 0.2) is 0 Å². The van der Waals surface area contributed by atoms with E-state index in [-0.39, 0.29) is 0 Å². The van der Waals surface area contributed by atoms with E-state index in [0.717, 1.165) is 0 Å². The number of benzene rings is 2. The summed E-state index contributed by atoms with van der Waals surface area (Å²) in [6, 6.07) is 29.0. The van der Waals surface area contributed by atoms with Gasteiger partial charge in [0.2, 0.25) is 6.71 Å². The molecule has 0 saturated carbocycles. The molecule has 4 aromatic rings. The van der Waals surface area contributed by atoms with Crippen molar-refractivity contribution < 1.29 is 0 Å². The number of nitrogens with zero attached hydrogens (tertiary/aromatic N) is 1. The number of hydrogen-bond donors (Lipinski definition) is 1. The molecule has 0 unspecified atom stereocenters. The van der Waals surface area contributed by atoms with Gasteiger partial charge in [-0.2, -0.15) is 0 Å². The number of aromatic amines is 1. The highest BCUT2D eigenvalue weighted by atomic mass is 14.6. The fraction of sp³-hybridized carbons (Fsp3) is 0.160. The molecular weight excluding hydrogens is 339 g/mol. The van der Waals surface area contributed by atoms with E-state index >= 15 is 0 Å². The van der Waals surface area contributed by atoms with Gasteiger partial charge >= 0.3 is 0 Å². The second kappa shape index (κ2) is 12.3. The maximum Gasteiger partial charge on any atom is 0.206 e. The number of pyridine rings is 1. The van der Waals surface area contributed by atoms with E-state index in [2.05, 4.69) is 97.4 Å². The summed E-state index contributed by atoms with van der Waals surface area (Å²) in [5.41, 5.74) is 4.13. The van der Waals surface area contributed by atoms with Crippen molar-refractivity contribution in [2.45, 2.75) is 26.6 Å². The third kappa shape index (κ3) is 7.67. The molecule has 2 nitrogen and oxygen atoms in total. The lowest BCUT2D eigenvalue weighted by Crippen LogP contribution is -2.38. The molecule has 0 amide bonds. The van der Waals surface area contributed by atoms with Gasteiger partial charge in [-0.25, -0.2) is 0 Å². The van der Waals surface area contributed by atoms with E-state index in [0.29, 0.717) is 12.6 Å². The second-order valence-electron chi connectivity index (χ2n) is 6.87. The van der Waals surface area contributed by atoms with Crippen LogP contribution in [-0.4, -0.2) is 16.7 Å². The molecule has 0 aliphatic carbocycles. The van der Waals surface area contributed by atoms with Crippen molar-refractivity contribution in [3.05, 3.63) is 115 Å². The molecule has 142 valence electrons. The molecule has 0 saturated heterocycles. The van der Waals surface area contributed by atoms with E-state index < -0.39 is 0 Å². The molecule has 0 radical (unpaired) electrons. The number of nitrogens with one attached hydrogen (secondary N) is 1. The van der Waals surface area contributed by atoms with Crippen molar-refractivity contribution in [3.63, 3.8) is 0 Å². The van der Waals surface area contributed by atoms with Crippen LogP contribution < -0.4 is 10.9 Å². The quantitative estimate of drug-likeness (QED) is 0.498. The third-order valence-electron chi connectivity index (χ3n) is 4.45. The topological polar surface area (TPSA) is 28.7 Å². The van der Waals surface area contributed by atoms with Gasteiger partial charge in [0.25, 0.3) is 0 Å².